The summed E-state index contributed by atoms with van der Waals surface area (Å²) in [6, 6.07) is 9.93. The predicted molar refractivity (Wildman–Crippen MR) is 82.9 cm³/mol. The maximum absolute atomic E-state index is 11.9. The van der Waals surface area contributed by atoms with E-state index < -0.39 is 0 Å². The molecule has 0 bridgehead atoms. The fraction of sp³-hybridized carbons (Fsp3) is 0.375. The first-order valence-corrected chi connectivity index (χ1v) is 6.99. The van der Waals surface area contributed by atoms with E-state index in [2.05, 4.69) is 21.8 Å². The van der Waals surface area contributed by atoms with Crippen molar-refractivity contribution in [3.8, 4) is 0 Å². The molecule has 21 heavy (non-hydrogen) atoms. The Bertz CT molecular complexity index is 591. The van der Waals surface area contributed by atoms with Gasteiger partial charge >= 0.3 is 0 Å². The van der Waals surface area contributed by atoms with Gasteiger partial charge in [-0.2, -0.15) is 0 Å². The molecule has 2 aromatic heterocycles. The largest absolute Gasteiger partial charge is 0.353 e. The molecule has 0 radical (unpaired) electrons. The van der Waals surface area contributed by atoms with Crippen molar-refractivity contribution in [3.63, 3.8) is 0 Å². The highest BCUT2D eigenvalue weighted by molar-refractivity contribution is 5.92. The molecule has 1 N–H and O–H groups in total. The van der Waals surface area contributed by atoms with Crippen LogP contribution < -0.4 is 0 Å². The monoisotopic (exact) mass is 286 g/mol. The molecule has 0 fully saturated rings. The molecule has 0 aliphatic carbocycles. The van der Waals surface area contributed by atoms with Crippen LogP contribution in [0.4, 0.5) is 0 Å². The zero-order chi connectivity index (χ0) is 15.4. The molecule has 2 rings (SSSR count). The molecule has 0 aliphatic rings. The lowest BCUT2D eigenvalue weighted by atomic mass is 10.2. The van der Waals surface area contributed by atoms with Crippen LogP contribution >= 0.6 is 0 Å². The summed E-state index contributed by atoms with van der Waals surface area (Å²) in [6.07, 6.45) is 1.81. The van der Waals surface area contributed by atoms with Crippen LogP contribution in [0.2, 0.25) is 0 Å². The van der Waals surface area contributed by atoms with Gasteiger partial charge in [0.05, 0.1) is 5.69 Å². The normalized spacial score (nSPS) is 12.4. The lowest BCUT2D eigenvalue weighted by Gasteiger charge is -2.23. The Morgan fingerprint density at radius 2 is 2.00 bits per heavy atom. The molecule has 0 spiro atoms. The van der Waals surface area contributed by atoms with E-state index in [0.717, 1.165) is 17.9 Å². The van der Waals surface area contributed by atoms with Gasteiger partial charge in [0, 0.05) is 38.6 Å². The van der Waals surface area contributed by atoms with Crippen LogP contribution in [0.3, 0.4) is 0 Å². The number of aromatic amines is 1. The number of nitrogens with one attached hydrogen (secondary N) is 1. The van der Waals surface area contributed by atoms with Crippen LogP contribution in [0, 0.1) is 0 Å². The Morgan fingerprint density at radius 3 is 2.62 bits per heavy atom. The molecule has 5 nitrogen and oxygen atoms in total. The molecule has 0 aromatic carbocycles. The van der Waals surface area contributed by atoms with E-state index in [-0.39, 0.29) is 11.9 Å². The fourth-order valence-corrected chi connectivity index (χ4v) is 2.15. The number of carbonyl (C=O) groups excluding carboxylic acids is 1. The second-order valence-electron chi connectivity index (χ2n) is 5.44. The summed E-state index contributed by atoms with van der Waals surface area (Å²) < 4.78 is 0. The maximum atomic E-state index is 11.9. The average molecular weight is 286 g/mol. The molecular weight excluding hydrogens is 264 g/mol. The molecule has 5 heteroatoms. The van der Waals surface area contributed by atoms with Crippen molar-refractivity contribution in [2.45, 2.75) is 19.5 Å². The Balaban J connectivity index is 2.03. The van der Waals surface area contributed by atoms with Gasteiger partial charge in [-0.05, 0) is 38.2 Å². The van der Waals surface area contributed by atoms with E-state index in [1.807, 2.05) is 43.6 Å². The summed E-state index contributed by atoms with van der Waals surface area (Å²) in [7, 11) is 5.55. The first-order chi connectivity index (χ1) is 9.99. The smallest absolute Gasteiger partial charge is 0.269 e. The summed E-state index contributed by atoms with van der Waals surface area (Å²) >= 11 is 0. The lowest BCUT2D eigenvalue weighted by Crippen LogP contribution is -2.24. The van der Waals surface area contributed by atoms with Gasteiger partial charge in [-0.3, -0.25) is 14.7 Å². The SMILES string of the molecule is C[C@H](c1ccccn1)N(C)Cc1ccc(C(=O)N(C)C)[nH]1. The maximum Gasteiger partial charge on any atom is 0.269 e. The molecule has 2 heterocycles. The minimum Gasteiger partial charge on any atom is -0.353 e. The van der Waals surface area contributed by atoms with Crippen LogP contribution in [0.1, 0.15) is 34.8 Å². The molecule has 0 aliphatic heterocycles. The molecule has 112 valence electrons. The minimum atomic E-state index is -0.0123. The minimum absolute atomic E-state index is 0.0123. The number of rotatable bonds is 5. The first-order valence-electron chi connectivity index (χ1n) is 6.99. The van der Waals surface area contributed by atoms with Crippen molar-refractivity contribution in [3.05, 3.63) is 53.6 Å². The highest BCUT2D eigenvalue weighted by Gasteiger charge is 2.15. The average Bonchev–Trinajstić information content (AvgIpc) is 2.94. The summed E-state index contributed by atoms with van der Waals surface area (Å²) in [5, 5.41) is 0. The molecule has 0 saturated carbocycles. The zero-order valence-corrected chi connectivity index (χ0v) is 13.0. The number of H-pyrrole nitrogens is 1. The quantitative estimate of drug-likeness (QED) is 0.917. The summed E-state index contributed by atoms with van der Waals surface area (Å²) in [5.41, 5.74) is 2.68. The standard InChI is InChI=1S/C16H22N4O/c1-12(14-7-5-6-10-17-14)20(4)11-13-8-9-15(18-13)16(21)19(2)3/h5-10,12,18H,11H2,1-4H3/t12-/m1/s1. The van der Waals surface area contributed by atoms with Gasteiger partial charge in [0.15, 0.2) is 0 Å². The van der Waals surface area contributed by atoms with Crippen LogP contribution in [-0.4, -0.2) is 46.8 Å². The van der Waals surface area contributed by atoms with Crippen molar-refractivity contribution >= 4 is 5.91 Å². The molecule has 1 atom stereocenters. The Labute approximate surface area is 125 Å². The Morgan fingerprint density at radius 1 is 1.24 bits per heavy atom. The van der Waals surface area contributed by atoms with Crippen LogP contribution in [0.25, 0.3) is 0 Å². The van der Waals surface area contributed by atoms with Crippen LogP contribution in [-0.2, 0) is 6.54 Å². The number of hydrogen-bond acceptors (Lipinski definition) is 3. The van der Waals surface area contributed by atoms with E-state index in [4.69, 9.17) is 0 Å². The van der Waals surface area contributed by atoms with Gasteiger partial charge in [0.2, 0.25) is 0 Å². The van der Waals surface area contributed by atoms with E-state index in [0.29, 0.717) is 5.69 Å². The molecular formula is C16H22N4O. The lowest BCUT2D eigenvalue weighted by molar-refractivity contribution is 0.0822. The third-order valence-corrected chi connectivity index (χ3v) is 3.58. The first kappa shape index (κ1) is 15.3. The van der Waals surface area contributed by atoms with Gasteiger partial charge in [-0.15, -0.1) is 0 Å². The third kappa shape index (κ3) is 3.70. The van der Waals surface area contributed by atoms with Gasteiger partial charge in [-0.1, -0.05) is 6.07 Å². The van der Waals surface area contributed by atoms with Crippen molar-refractivity contribution in [1.29, 1.82) is 0 Å². The summed E-state index contributed by atoms with van der Waals surface area (Å²) in [5.74, 6) is -0.0123. The van der Waals surface area contributed by atoms with Gasteiger partial charge in [0.1, 0.15) is 5.69 Å². The number of aromatic nitrogens is 2. The van der Waals surface area contributed by atoms with E-state index in [9.17, 15) is 4.79 Å². The van der Waals surface area contributed by atoms with Crippen molar-refractivity contribution in [2.75, 3.05) is 21.1 Å². The van der Waals surface area contributed by atoms with Crippen molar-refractivity contribution < 1.29 is 4.79 Å². The van der Waals surface area contributed by atoms with Gasteiger partial charge in [0.25, 0.3) is 5.91 Å². The van der Waals surface area contributed by atoms with E-state index >= 15 is 0 Å². The van der Waals surface area contributed by atoms with Crippen LogP contribution in [0.15, 0.2) is 36.5 Å². The van der Waals surface area contributed by atoms with Crippen LogP contribution in [0.5, 0.6) is 0 Å². The van der Waals surface area contributed by atoms with Gasteiger partial charge < -0.3 is 9.88 Å². The third-order valence-electron chi connectivity index (χ3n) is 3.58. The number of nitrogens with zero attached hydrogens (tertiary/aromatic N) is 3. The van der Waals surface area contributed by atoms with E-state index in [1.54, 1.807) is 19.0 Å². The zero-order valence-electron chi connectivity index (χ0n) is 13.0. The number of carbonyl (C=O) groups is 1. The van der Waals surface area contributed by atoms with Gasteiger partial charge in [-0.25, -0.2) is 0 Å². The molecule has 2 aromatic rings. The summed E-state index contributed by atoms with van der Waals surface area (Å²) in [6.45, 7) is 2.86. The highest BCUT2D eigenvalue weighted by atomic mass is 16.2. The number of pyridine rings is 1. The fourth-order valence-electron chi connectivity index (χ4n) is 2.15. The van der Waals surface area contributed by atoms with Crippen molar-refractivity contribution in [2.24, 2.45) is 0 Å². The highest BCUT2D eigenvalue weighted by Crippen LogP contribution is 2.18. The molecule has 1 amide bonds. The second kappa shape index (κ2) is 6.54. The predicted octanol–water partition coefficient (Wildman–Crippen LogP) is 2.30. The second-order valence-corrected chi connectivity index (χ2v) is 5.44. The topological polar surface area (TPSA) is 52.2 Å². The molecule has 0 unspecified atom stereocenters. The Kier molecular flexibility index (Phi) is 4.75. The Hall–Kier alpha value is -2.14. The molecule has 0 saturated heterocycles. The number of hydrogen-bond donors (Lipinski definition) is 1. The van der Waals surface area contributed by atoms with E-state index in [1.165, 1.54) is 0 Å². The van der Waals surface area contributed by atoms with Crippen molar-refractivity contribution in [1.82, 2.24) is 19.8 Å². The number of amides is 1. The summed E-state index contributed by atoms with van der Waals surface area (Å²) in [4.78, 5) is 23.2.